The highest BCUT2D eigenvalue weighted by atomic mass is 32.2. The number of benzene rings is 1. The lowest BCUT2D eigenvalue weighted by Gasteiger charge is -2.04. The van der Waals surface area contributed by atoms with Crippen LogP contribution in [0.5, 0.6) is 0 Å². The van der Waals surface area contributed by atoms with Crippen LogP contribution in [0.2, 0.25) is 0 Å². The van der Waals surface area contributed by atoms with Crippen molar-refractivity contribution in [3.8, 4) is 21.1 Å². The molecule has 0 atom stereocenters. The Balaban J connectivity index is 1.41. The maximum atomic E-state index is 13.1. The van der Waals surface area contributed by atoms with Gasteiger partial charge in [0.2, 0.25) is 5.91 Å². The van der Waals surface area contributed by atoms with E-state index in [1.807, 2.05) is 19.1 Å². The van der Waals surface area contributed by atoms with Gasteiger partial charge in [0.1, 0.15) is 21.5 Å². The Bertz CT molecular complexity index is 1150. The van der Waals surface area contributed by atoms with Gasteiger partial charge in [0.15, 0.2) is 0 Å². The molecule has 0 unspecified atom stereocenters. The van der Waals surface area contributed by atoms with E-state index < -0.39 is 0 Å². The Morgan fingerprint density at radius 3 is 2.67 bits per heavy atom. The number of hydrogen-bond acceptors (Lipinski definition) is 7. The van der Waals surface area contributed by atoms with Crippen molar-refractivity contribution in [3.05, 3.63) is 72.4 Å². The highest BCUT2D eigenvalue weighted by Crippen LogP contribution is 2.34. The van der Waals surface area contributed by atoms with Crippen molar-refractivity contribution in [2.24, 2.45) is 0 Å². The number of aryl methyl sites for hydroxylation is 1. The average molecular weight is 438 g/mol. The van der Waals surface area contributed by atoms with Crippen LogP contribution in [0.3, 0.4) is 0 Å². The molecule has 0 aliphatic rings. The van der Waals surface area contributed by atoms with Crippen molar-refractivity contribution in [1.29, 1.82) is 0 Å². The lowest BCUT2D eigenvalue weighted by molar-refractivity contribution is -0.113. The first-order valence-electron chi connectivity index (χ1n) is 8.98. The Labute approximate surface area is 180 Å². The fourth-order valence-corrected chi connectivity index (χ4v) is 4.29. The van der Waals surface area contributed by atoms with Crippen LogP contribution in [0.15, 0.2) is 66.0 Å². The molecule has 0 bridgehead atoms. The summed E-state index contributed by atoms with van der Waals surface area (Å²) in [6, 6.07) is 13.5. The third-order valence-electron chi connectivity index (χ3n) is 4.06. The van der Waals surface area contributed by atoms with Crippen LogP contribution in [0.25, 0.3) is 21.1 Å². The number of nitrogens with zero attached hydrogens (tertiary/aromatic N) is 4. The van der Waals surface area contributed by atoms with Crippen LogP contribution in [0, 0.1) is 12.7 Å². The predicted molar refractivity (Wildman–Crippen MR) is 117 cm³/mol. The lowest BCUT2D eigenvalue weighted by Crippen LogP contribution is -2.14. The highest BCUT2D eigenvalue weighted by molar-refractivity contribution is 7.99. The van der Waals surface area contributed by atoms with E-state index >= 15 is 0 Å². The molecule has 0 saturated carbocycles. The molecule has 30 heavy (non-hydrogen) atoms. The maximum absolute atomic E-state index is 13.1. The quantitative estimate of drug-likeness (QED) is 0.435. The summed E-state index contributed by atoms with van der Waals surface area (Å²) in [5.74, 6) is -0.196. The molecule has 0 fully saturated rings. The van der Waals surface area contributed by atoms with Crippen molar-refractivity contribution >= 4 is 34.7 Å². The third-order valence-corrected chi connectivity index (χ3v) is 6.21. The van der Waals surface area contributed by atoms with Gasteiger partial charge in [-0.1, -0.05) is 11.8 Å². The number of nitrogens with one attached hydrogen (secondary N) is 1. The lowest BCUT2D eigenvalue weighted by atomic mass is 10.2. The predicted octanol–water partition coefficient (Wildman–Crippen LogP) is 4.84. The van der Waals surface area contributed by atoms with E-state index in [9.17, 15) is 9.18 Å². The molecule has 1 aromatic carbocycles. The molecular weight excluding hydrogens is 421 g/mol. The first-order valence-corrected chi connectivity index (χ1v) is 10.8. The zero-order valence-electron chi connectivity index (χ0n) is 15.9. The fraction of sp³-hybridized carbons (Fsp3) is 0.0952. The molecule has 4 rings (SSSR count). The number of aromatic nitrogens is 4. The zero-order valence-corrected chi connectivity index (χ0v) is 17.5. The van der Waals surface area contributed by atoms with Crippen molar-refractivity contribution in [1.82, 2.24) is 20.2 Å². The van der Waals surface area contributed by atoms with Crippen LogP contribution in [-0.2, 0) is 4.79 Å². The Morgan fingerprint density at radius 2 is 1.97 bits per heavy atom. The average Bonchev–Trinajstić information content (AvgIpc) is 3.15. The van der Waals surface area contributed by atoms with Gasteiger partial charge in [-0.3, -0.25) is 9.78 Å². The van der Waals surface area contributed by atoms with Gasteiger partial charge in [0.05, 0.1) is 28.2 Å². The number of halogens is 1. The molecule has 3 aromatic heterocycles. The molecule has 1 amide bonds. The fourth-order valence-electron chi connectivity index (χ4n) is 2.64. The van der Waals surface area contributed by atoms with Crippen LogP contribution in [0.1, 0.15) is 5.69 Å². The Hall–Kier alpha value is -3.17. The zero-order chi connectivity index (χ0) is 20.9. The second-order valence-electron chi connectivity index (χ2n) is 6.28. The summed E-state index contributed by atoms with van der Waals surface area (Å²) in [5.41, 5.74) is 3.06. The third kappa shape index (κ3) is 4.87. The molecule has 9 heteroatoms. The summed E-state index contributed by atoms with van der Waals surface area (Å²) in [6.07, 6.45) is 3.24. The van der Waals surface area contributed by atoms with Gasteiger partial charge >= 0.3 is 0 Å². The Kier molecular flexibility index (Phi) is 6.10. The van der Waals surface area contributed by atoms with Crippen LogP contribution < -0.4 is 5.32 Å². The van der Waals surface area contributed by atoms with Crippen molar-refractivity contribution in [2.45, 2.75) is 11.9 Å². The molecule has 0 aliphatic carbocycles. The van der Waals surface area contributed by atoms with Gasteiger partial charge in [-0.15, -0.1) is 21.5 Å². The summed E-state index contributed by atoms with van der Waals surface area (Å²) in [5, 5.41) is 12.7. The van der Waals surface area contributed by atoms with E-state index in [4.69, 9.17) is 0 Å². The summed E-state index contributed by atoms with van der Waals surface area (Å²) >= 11 is 2.79. The van der Waals surface area contributed by atoms with E-state index in [0.29, 0.717) is 16.4 Å². The molecule has 4 aromatic rings. The first kappa shape index (κ1) is 20.1. The van der Waals surface area contributed by atoms with Gasteiger partial charge in [0.25, 0.3) is 0 Å². The first-order chi connectivity index (χ1) is 14.6. The molecule has 1 N–H and O–H groups in total. The number of thioether (sulfide) groups is 1. The summed E-state index contributed by atoms with van der Waals surface area (Å²) in [6.45, 7) is 1.91. The summed E-state index contributed by atoms with van der Waals surface area (Å²) < 4.78 is 13.1. The monoisotopic (exact) mass is 437 g/mol. The van der Waals surface area contributed by atoms with Gasteiger partial charge in [-0.2, -0.15) is 0 Å². The number of carbonyl (C=O) groups excluding carboxylic acids is 1. The number of rotatable bonds is 6. The van der Waals surface area contributed by atoms with Crippen LogP contribution in [-0.4, -0.2) is 31.8 Å². The second kappa shape index (κ2) is 9.10. The number of hydrogen-bond donors (Lipinski definition) is 1. The Morgan fingerprint density at radius 1 is 1.13 bits per heavy atom. The molecule has 3 heterocycles. The van der Waals surface area contributed by atoms with Gasteiger partial charge in [0, 0.05) is 11.8 Å². The van der Waals surface area contributed by atoms with E-state index in [0.717, 1.165) is 21.1 Å². The molecule has 0 aliphatic heterocycles. The van der Waals surface area contributed by atoms with Crippen LogP contribution in [0.4, 0.5) is 10.1 Å². The topological polar surface area (TPSA) is 80.7 Å². The number of thiazole rings is 1. The number of pyridine rings is 1. The SMILES string of the molecule is Cc1nc(-c2ccc(F)cc2)sc1-c1ccc(SCC(=O)Nc2cccnc2)nn1. The van der Waals surface area contributed by atoms with Gasteiger partial charge in [-0.25, -0.2) is 9.37 Å². The van der Waals surface area contributed by atoms with Crippen LogP contribution >= 0.6 is 23.1 Å². The minimum absolute atomic E-state index is 0.138. The summed E-state index contributed by atoms with van der Waals surface area (Å²) in [4.78, 5) is 21.5. The molecule has 0 radical (unpaired) electrons. The number of anilines is 1. The van der Waals surface area contributed by atoms with E-state index in [2.05, 4.69) is 25.5 Å². The van der Waals surface area contributed by atoms with E-state index in [1.54, 1.807) is 36.7 Å². The minimum atomic E-state index is -0.277. The molecule has 6 nitrogen and oxygen atoms in total. The normalized spacial score (nSPS) is 10.7. The highest BCUT2D eigenvalue weighted by Gasteiger charge is 2.13. The van der Waals surface area contributed by atoms with Crippen molar-refractivity contribution < 1.29 is 9.18 Å². The second-order valence-corrected chi connectivity index (χ2v) is 8.27. The van der Waals surface area contributed by atoms with E-state index in [1.165, 1.54) is 35.2 Å². The number of carbonyl (C=O) groups is 1. The largest absolute Gasteiger partial charge is 0.324 e. The molecular formula is C21H16FN5OS2. The summed E-state index contributed by atoms with van der Waals surface area (Å²) in [7, 11) is 0. The smallest absolute Gasteiger partial charge is 0.234 e. The van der Waals surface area contributed by atoms with Gasteiger partial charge in [-0.05, 0) is 55.5 Å². The van der Waals surface area contributed by atoms with Gasteiger partial charge < -0.3 is 5.32 Å². The maximum Gasteiger partial charge on any atom is 0.234 e. The van der Waals surface area contributed by atoms with E-state index in [-0.39, 0.29) is 17.5 Å². The number of amides is 1. The standard InChI is InChI=1S/C21H16FN5OS2/c1-13-20(30-21(24-13)14-4-6-15(22)7-5-14)17-8-9-19(27-26-17)29-12-18(28)25-16-3-2-10-23-11-16/h2-11H,12H2,1H3,(H,25,28). The van der Waals surface area contributed by atoms with Crippen molar-refractivity contribution in [2.75, 3.05) is 11.1 Å². The minimum Gasteiger partial charge on any atom is -0.324 e. The molecule has 0 saturated heterocycles. The molecule has 0 spiro atoms. The molecule has 150 valence electrons. The van der Waals surface area contributed by atoms with Crippen molar-refractivity contribution in [3.63, 3.8) is 0 Å².